The minimum atomic E-state index is -1.00. The zero-order valence-electron chi connectivity index (χ0n) is 14.2. The highest BCUT2D eigenvalue weighted by molar-refractivity contribution is 6.03. The summed E-state index contributed by atoms with van der Waals surface area (Å²) in [6.45, 7) is 1.49. The van der Waals surface area contributed by atoms with Crippen LogP contribution in [0.4, 0.5) is 20.2 Å². The van der Waals surface area contributed by atoms with Crippen LogP contribution in [0.1, 0.15) is 24.8 Å². The van der Waals surface area contributed by atoms with E-state index in [4.69, 9.17) is 0 Å². The molecule has 1 saturated heterocycles. The first-order valence-electron chi connectivity index (χ1n) is 8.55. The van der Waals surface area contributed by atoms with Crippen molar-refractivity contribution in [2.75, 3.05) is 23.3 Å². The Hall–Kier alpha value is -2.89. The molecule has 2 aromatic carbocycles. The number of hydrogen-bond acceptors (Lipinski definition) is 3. The Morgan fingerprint density at radius 3 is 2.54 bits per heavy atom. The van der Waals surface area contributed by atoms with Crippen LogP contribution in [0.2, 0.25) is 0 Å². The van der Waals surface area contributed by atoms with Gasteiger partial charge in [0.2, 0.25) is 5.91 Å². The van der Waals surface area contributed by atoms with E-state index < -0.39 is 17.5 Å². The van der Waals surface area contributed by atoms with Gasteiger partial charge in [0.15, 0.2) is 11.6 Å². The number of halogens is 2. The Bertz CT molecular complexity index is 831. The van der Waals surface area contributed by atoms with Crippen molar-refractivity contribution in [1.82, 2.24) is 0 Å². The van der Waals surface area contributed by atoms with Crippen molar-refractivity contribution in [2.45, 2.75) is 19.3 Å². The molecule has 0 aliphatic carbocycles. The molecule has 0 spiro atoms. The molecule has 1 fully saturated rings. The molecule has 0 aromatic heterocycles. The Morgan fingerprint density at radius 2 is 1.81 bits per heavy atom. The minimum absolute atomic E-state index is 0.0977. The van der Waals surface area contributed by atoms with Gasteiger partial charge in [0, 0.05) is 31.3 Å². The van der Waals surface area contributed by atoms with Crippen molar-refractivity contribution >= 4 is 23.4 Å². The van der Waals surface area contributed by atoms with E-state index in [0.29, 0.717) is 11.3 Å². The molecule has 1 aliphatic heterocycles. The van der Waals surface area contributed by atoms with Crippen LogP contribution >= 0.6 is 0 Å². The molecule has 0 radical (unpaired) electrons. The number of piperidine rings is 1. The number of phenols is 1. The second-order valence-electron chi connectivity index (χ2n) is 6.25. The third kappa shape index (κ3) is 4.39. The van der Waals surface area contributed by atoms with Crippen LogP contribution in [0.15, 0.2) is 42.5 Å². The lowest BCUT2D eigenvalue weighted by molar-refractivity contribution is -0.111. The lowest BCUT2D eigenvalue weighted by Gasteiger charge is -2.30. The number of benzene rings is 2. The van der Waals surface area contributed by atoms with Gasteiger partial charge < -0.3 is 15.3 Å². The van der Waals surface area contributed by atoms with Crippen molar-refractivity contribution in [1.29, 1.82) is 0 Å². The molecule has 4 nitrogen and oxygen atoms in total. The van der Waals surface area contributed by atoms with Gasteiger partial charge >= 0.3 is 0 Å². The number of aromatic hydroxyl groups is 1. The van der Waals surface area contributed by atoms with Gasteiger partial charge in [-0.2, -0.15) is 0 Å². The molecule has 1 heterocycles. The van der Waals surface area contributed by atoms with Gasteiger partial charge in [-0.05, 0) is 43.0 Å². The summed E-state index contributed by atoms with van der Waals surface area (Å²) in [5, 5.41) is 12.1. The van der Waals surface area contributed by atoms with E-state index in [1.54, 1.807) is 12.1 Å². The highest BCUT2D eigenvalue weighted by Crippen LogP contribution is 2.31. The summed E-state index contributed by atoms with van der Waals surface area (Å²) in [4.78, 5) is 14.2. The summed E-state index contributed by atoms with van der Waals surface area (Å²) >= 11 is 0. The van der Waals surface area contributed by atoms with Gasteiger partial charge in [-0.1, -0.05) is 12.1 Å². The Balaban J connectivity index is 1.79. The van der Waals surface area contributed by atoms with Gasteiger partial charge in [-0.3, -0.25) is 4.79 Å². The number of hydrogen-bond donors (Lipinski definition) is 2. The van der Waals surface area contributed by atoms with Gasteiger partial charge in [-0.15, -0.1) is 0 Å². The van der Waals surface area contributed by atoms with E-state index >= 15 is 0 Å². The third-order valence-electron chi connectivity index (χ3n) is 4.29. The molecule has 0 atom stereocenters. The number of nitrogens with one attached hydrogen (secondary N) is 1. The van der Waals surface area contributed by atoms with Crippen molar-refractivity contribution in [3.63, 3.8) is 0 Å². The molecular formula is C20H20F2N2O2. The number of nitrogens with zero attached hydrogens (tertiary/aromatic N) is 1. The smallest absolute Gasteiger partial charge is 0.248 e. The summed E-state index contributed by atoms with van der Waals surface area (Å²) in [6, 6.07) is 8.59. The summed E-state index contributed by atoms with van der Waals surface area (Å²) in [6.07, 6.45) is 5.88. The SMILES string of the molecule is O=C(C=Cc1cccc(O)c1)Nc1cc(F)c(F)cc1N1CCCCC1. The van der Waals surface area contributed by atoms with Crippen molar-refractivity contribution in [3.8, 4) is 5.75 Å². The van der Waals surface area contributed by atoms with E-state index in [1.165, 1.54) is 24.3 Å². The summed E-state index contributed by atoms with van der Waals surface area (Å²) < 4.78 is 27.4. The molecule has 26 heavy (non-hydrogen) atoms. The first-order chi connectivity index (χ1) is 12.5. The normalized spacial score (nSPS) is 14.6. The van der Waals surface area contributed by atoms with Crippen molar-refractivity contribution in [2.24, 2.45) is 0 Å². The molecule has 1 aliphatic rings. The predicted octanol–water partition coefficient (Wildman–Crippen LogP) is 4.31. The standard InChI is InChI=1S/C20H20F2N2O2/c21-16-12-18(19(13-17(16)22)24-9-2-1-3-10-24)23-20(26)8-7-14-5-4-6-15(25)11-14/h4-8,11-13,25H,1-3,9-10H2,(H,23,26). The van der Waals surface area contributed by atoms with Crippen molar-refractivity contribution in [3.05, 3.63) is 59.7 Å². The maximum Gasteiger partial charge on any atom is 0.248 e. The van der Waals surface area contributed by atoms with E-state index in [1.807, 2.05) is 4.90 Å². The molecule has 0 unspecified atom stereocenters. The lowest BCUT2D eigenvalue weighted by atomic mass is 10.1. The Kier molecular flexibility index (Phi) is 5.51. The van der Waals surface area contributed by atoms with Crippen LogP contribution in [-0.2, 0) is 4.79 Å². The molecule has 0 bridgehead atoms. The summed E-state index contributed by atoms with van der Waals surface area (Å²) in [5.41, 5.74) is 1.39. The largest absolute Gasteiger partial charge is 0.508 e. The van der Waals surface area contributed by atoms with Gasteiger partial charge in [0.05, 0.1) is 11.4 Å². The minimum Gasteiger partial charge on any atom is -0.508 e. The lowest BCUT2D eigenvalue weighted by Crippen LogP contribution is -2.30. The Morgan fingerprint density at radius 1 is 1.08 bits per heavy atom. The first-order valence-corrected chi connectivity index (χ1v) is 8.55. The van der Waals surface area contributed by atoms with E-state index in [9.17, 15) is 18.7 Å². The molecular weight excluding hydrogens is 338 g/mol. The van der Waals surface area contributed by atoms with Crippen LogP contribution in [0.5, 0.6) is 5.75 Å². The second kappa shape index (κ2) is 7.99. The van der Waals surface area contributed by atoms with E-state index in [0.717, 1.165) is 44.5 Å². The maximum absolute atomic E-state index is 13.7. The van der Waals surface area contributed by atoms with Gasteiger partial charge in [-0.25, -0.2) is 8.78 Å². The van der Waals surface area contributed by atoms with Crippen LogP contribution in [0.25, 0.3) is 6.08 Å². The third-order valence-corrected chi connectivity index (χ3v) is 4.29. The molecule has 2 N–H and O–H groups in total. The molecule has 6 heteroatoms. The maximum atomic E-state index is 13.7. The zero-order chi connectivity index (χ0) is 18.5. The number of phenolic OH excluding ortho intramolecular Hbond substituents is 1. The first kappa shape index (κ1) is 17.9. The predicted molar refractivity (Wildman–Crippen MR) is 98.2 cm³/mol. The monoisotopic (exact) mass is 358 g/mol. The molecule has 0 saturated carbocycles. The van der Waals surface area contributed by atoms with Crippen molar-refractivity contribution < 1.29 is 18.7 Å². The highest BCUT2D eigenvalue weighted by atomic mass is 19.2. The number of anilines is 2. The number of carbonyl (C=O) groups excluding carboxylic acids is 1. The quantitative estimate of drug-likeness (QED) is 0.801. The van der Waals surface area contributed by atoms with E-state index in [-0.39, 0.29) is 11.4 Å². The number of amides is 1. The number of carbonyl (C=O) groups is 1. The average molecular weight is 358 g/mol. The summed E-state index contributed by atoms with van der Waals surface area (Å²) in [7, 11) is 0. The fourth-order valence-corrected chi connectivity index (χ4v) is 3.01. The topological polar surface area (TPSA) is 52.6 Å². The average Bonchev–Trinajstić information content (AvgIpc) is 2.64. The molecule has 136 valence electrons. The molecule has 2 aromatic rings. The Labute approximate surface area is 150 Å². The van der Waals surface area contributed by atoms with Gasteiger partial charge in [0.1, 0.15) is 5.75 Å². The van der Waals surface area contributed by atoms with Crippen LogP contribution in [0, 0.1) is 11.6 Å². The fraction of sp³-hybridized carbons (Fsp3) is 0.250. The zero-order valence-corrected chi connectivity index (χ0v) is 14.2. The van der Waals surface area contributed by atoms with Gasteiger partial charge in [0.25, 0.3) is 0 Å². The van der Waals surface area contributed by atoms with E-state index in [2.05, 4.69) is 5.32 Å². The second-order valence-corrected chi connectivity index (χ2v) is 6.25. The highest BCUT2D eigenvalue weighted by Gasteiger charge is 2.18. The van der Waals surface area contributed by atoms with Crippen LogP contribution in [-0.4, -0.2) is 24.1 Å². The number of rotatable bonds is 4. The molecule has 3 rings (SSSR count). The van der Waals surface area contributed by atoms with Crippen LogP contribution < -0.4 is 10.2 Å². The summed E-state index contributed by atoms with van der Waals surface area (Å²) in [5.74, 6) is -2.30. The fourth-order valence-electron chi connectivity index (χ4n) is 3.01. The molecule has 1 amide bonds. The van der Waals surface area contributed by atoms with Crippen LogP contribution in [0.3, 0.4) is 0 Å².